The number of carbonyl (C=O) groups is 3. The Balaban J connectivity index is 4.27. The lowest BCUT2D eigenvalue weighted by molar-refractivity contribution is -0.167. The Morgan fingerprint density at radius 1 is 0.241 bits per heavy atom. The van der Waals surface area contributed by atoms with Crippen molar-refractivity contribution in [2.24, 2.45) is 0 Å². The summed E-state index contributed by atoms with van der Waals surface area (Å²) in [5.41, 5.74) is 0. The standard InChI is InChI=1S/C73H140O6/c1-4-7-10-13-16-19-22-25-28-31-33-35-36-38-39-42-45-48-51-54-57-60-63-66-72(75)78-69-70(68-77-71(74)65-62-59-56-53-50-47-44-41-30-27-24-21-18-15-12-9-6-3)79-73(76)67-64-61-58-55-52-49-46-43-40-37-34-32-29-26-23-20-17-14-11-8-5-2/h31,33,70H,4-30,32,34-69H2,1-3H3/b33-31-. The molecule has 0 aromatic heterocycles. The van der Waals surface area contributed by atoms with Crippen LogP contribution in [0.1, 0.15) is 419 Å². The van der Waals surface area contributed by atoms with Gasteiger partial charge in [0.1, 0.15) is 13.2 Å². The third kappa shape index (κ3) is 66.8. The van der Waals surface area contributed by atoms with Gasteiger partial charge in [0, 0.05) is 19.3 Å². The molecule has 1 atom stereocenters. The van der Waals surface area contributed by atoms with E-state index in [2.05, 4.69) is 32.9 Å². The number of esters is 3. The van der Waals surface area contributed by atoms with Crippen molar-refractivity contribution in [2.75, 3.05) is 13.2 Å². The predicted molar refractivity (Wildman–Crippen MR) is 344 cm³/mol. The second-order valence-corrected chi connectivity index (χ2v) is 24.9. The molecular weight excluding hydrogens is 973 g/mol. The molecule has 0 aromatic carbocycles. The molecule has 0 aliphatic heterocycles. The fourth-order valence-corrected chi connectivity index (χ4v) is 11.3. The van der Waals surface area contributed by atoms with E-state index in [-0.39, 0.29) is 31.1 Å². The van der Waals surface area contributed by atoms with Crippen molar-refractivity contribution in [2.45, 2.75) is 425 Å². The van der Waals surface area contributed by atoms with Crippen LogP contribution >= 0.6 is 0 Å². The minimum absolute atomic E-state index is 0.0626. The molecular formula is C73H140O6. The van der Waals surface area contributed by atoms with E-state index in [9.17, 15) is 14.4 Å². The zero-order chi connectivity index (χ0) is 57.1. The van der Waals surface area contributed by atoms with Crippen LogP contribution in [0.4, 0.5) is 0 Å². The highest BCUT2D eigenvalue weighted by atomic mass is 16.6. The van der Waals surface area contributed by atoms with E-state index < -0.39 is 6.10 Å². The van der Waals surface area contributed by atoms with Crippen LogP contribution in [-0.2, 0) is 28.6 Å². The van der Waals surface area contributed by atoms with Crippen LogP contribution < -0.4 is 0 Å². The molecule has 0 radical (unpaired) electrons. The molecule has 6 heteroatoms. The van der Waals surface area contributed by atoms with Gasteiger partial charge in [-0.1, -0.05) is 367 Å². The van der Waals surface area contributed by atoms with Crippen molar-refractivity contribution >= 4 is 17.9 Å². The monoisotopic (exact) mass is 1110 g/mol. The number of unbranched alkanes of at least 4 members (excludes halogenated alkanes) is 55. The number of rotatable bonds is 68. The molecule has 0 saturated heterocycles. The van der Waals surface area contributed by atoms with Gasteiger partial charge in [-0.2, -0.15) is 0 Å². The van der Waals surface area contributed by atoms with E-state index in [0.717, 1.165) is 57.8 Å². The van der Waals surface area contributed by atoms with Crippen LogP contribution in [0.5, 0.6) is 0 Å². The predicted octanol–water partition coefficient (Wildman–Crippen LogP) is 24.8. The molecule has 79 heavy (non-hydrogen) atoms. The Hall–Kier alpha value is -1.85. The van der Waals surface area contributed by atoms with Gasteiger partial charge in [-0.3, -0.25) is 14.4 Å². The van der Waals surface area contributed by atoms with Crippen LogP contribution in [0.2, 0.25) is 0 Å². The molecule has 0 fully saturated rings. The number of allylic oxidation sites excluding steroid dienone is 2. The van der Waals surface area contributed by atoms with Crippen molar-refractivity contribution in [3.05, 3.63) is 12.2 Å². The van der Waals surface area contributed by atoms with Gasteiger partial charge >= 0.3 is 17.9 Å². The largest absolute Gasteiger partial charge is 0.462 e. The summed E-state index contributed by atoms with van der Waals surface area (Å²) in [7, 11) is 0. The first kappa shape index (κ1) is 77.2. The van der Waals surface area contributed by atoms with Gasteiger partial charge in [0.05, 0.1) is 0 Å². The molecule has 0 N–H and O–H groups in total. The topological polar surface area (TPSA) is 78.9 Å². The first-order chi connectivity index (χ1) is 39.0. The minimum atomic E-state index is -0.767. The molecule has 6 nitrogen and oxygen atoms in total. The summed E-state index contributed by atoms with van der Waals surface area (Å²) in [6.07, 6.45) is 82.4. The summed E-state index contributed by atoms with van der Waals surface area (Å²) in [6, 6.07) is 0. The van der Waals surface area contributed by atoms with Gasteiger partial charge in [0.15, 0.2) is 6.10 Å². The number of carbonyl (C=O) groups excluding carboxylic acids is 3. The van der Waals surface area contributed by atoms with Crippen LogP contribution in [0.3, 0.4) is 0 Å². The number of ether oxygens (including phenoxy) is 3. The van der Waals surface area contributed by atoms with Crippen LogP contribution in [0.25, 0.3) is 0 Å². The second-order valence-electron chi connectivity index (χ2n) is 24.9. The highest BCUT2D eigenvalue weighted by Gasteiger charge is 2.20. The van der Waals surface area contributed by atoms with Crippen LogP contribution in [0, 0.1) is 0 Å². The first-order valence-corrected chi connectivity index (χ1v) is 36.2. The maximum Gasteiger partial charge on any atom is 0.306 e. The first-order valence-electron chi connectivity index (χ1n) is 36.2. The highest BCUT2D eigenvalue weighted by molar-refractivity contribution is 5.71. The Kier molecular flexibility index (Phi) is 67.0. The molecule has 0 amide bonds. The van der Waals surface area contributed by atoms with Crippen molar-refractivity contribution in [1.82, 2.24) is 0 Å². The van der Waals surface area contributed by atoms with Gasteiger partial charge < -0.3 is 14.2 Å². The van der Waals surface area contributed by atoms with Gasteiger partial charge in [-0.25, -0.2) is 0 Å². The van der Waals surface area contributed by atoms with Gasteiger partial charge in [0.2, 0.25) is 0 Å². The molecule has 0 heterocycles. The fourth-order valence-electron chi connectivity index (χ4n) is 11.3. The summed E-state index contributed by atoms with van der Waals surface area (Å²) in [5, 5.41) is 0. The molecule has 1 unspecified atom stereocenters. The van der Waals surface area contributed by atoms with Crippen molar-refractivity contribution in [1.29, 1.82) is 0 Å². The number of hydrogen-bond acceptors (Lipinski definition) is 6. The molecule has 0 aliphatic carbocycles. The Morgan fingerprint density at radius 3 is 0.633 bits per heavy atom. The van der Waals surface area contributed by atoms with Crippen LogP contribution in [-0.4, -0.2) is 37.2 Å². The number of hydrogen-bond donors (Lipinski definition) is 0. The summed E-state index contributed by atoms with van der Waals surface area (Å²) in [4.78, 5) is 38.5. The molecule has 0 saturated carbocycles. The molecule has 0 bridgehead atoms. The molecule has 468 valence electrons. The second kappa shape index (κ2) is 68.6. The third-order valence-electron chi connectivity index (χ3n) is 16.8. The Bertz CT molecular complexity index is 1230. The Labute approximate surface area is 494 Å². The maximum absolute atomic E-state index is 13.0. The Morgan fingerprint density at radius 2 is 0.418 bits per heavy atom. The van der Waals surface area contributed by atoms with E-state index in [1.807, 2.05) is 0 Å². The lowest BCUT2D eigenvalue weighted by Gasteiger charge is -2.18. The van der Waals surface area contributed by atoms with Crippen LogP contribution in [0.15, 0.2) is 12.2 Å². The van der Waals surface area contributed by atoms with E-state index >= 15 is 0 Å². The average Bonchev–Trinajstić information content (AvgIpc) is 3.45. The van der Waals surface area contributed by atoms with E-state index in [1.54, 1.807) is 0 Å². The van der Waals surface area contributed by atoms with E-state index in [0.29, 0.717) is 19.3 Å². The molecule has 0 aliphatic rings. The van der Waals surface area contributed by atoms with E-state index in [4.69, 9.17) is 14.2 Å². The van der Waals surface area contributed by atoms with Crippen molar-refractivity contribution in [3.8, 4) is 0 Å². The minimum Gasteiger partial charge on any atom is -0.462 e. The SMILES string of the molecule is CCCCCCCCCC/C=C\CCCCCCCCCCCCCC(=O)OCC(COC(=O)CCCCCCCCCCCCCCCCCCC)OC(=O)CCCCCCCCCCCCCCCCCCCCCCC. The lowest BCUT2D eigenvalue weighted by Crippen LogP contribution is -2.30. The fraction of sp³-hybridized carbons (Fsp3) is 0.932. The summed E-state index contributed by atoms with van der Waals surface area (Å²) >= 11 is 0. The normalized spacial score (nSPS) is 12.0. The zero-order valence-electron chi connectivity index (χ0n) is 53.9. The highest BCUT2D eigenvalue weighted by Crippen LogP contribution is 2.19. The maximum atomic E-state index is 13.0. The van der Waals surface area contributed by atoms with E-state index in [1.165, 1.54) is 321 Å². The smallest absolute Gasteiger partial charge is 0.306 e. The molecule has 0 spiro atoms. The lowest BCUT2D eigenvalue weighted by atomic mass is 10.0. The van der Waals surface area contributed by atoms with Gasteiger partial charge in [0.25, 0.3) is 0 Å². The summed E-state index contributed by atoms with van der Waals surface area (Å²) in [6.45, 7) is 6.74. The third-order valence-corrected chi connectivity index (χ3v) is 16.8. The summed E-state index contributed by atoms with van der Waals surface area (Å²) in [5.74, 6) is -0.824. The zero-order valence-corrected chi connectivity index (χ0v) is 53.9. The van der Waals surface area contributed by atoms with Gasteiger partial charge in [-0.05, 0) is 44.9 Å². The van der Waals surface area contributed by atoms with Crippen molar-refractivity contribution < 1.29 is 28.6 Å². The van der Waals surface area contributed by atoms with Crippen molar-refractivity contribution in [3.63, 3.8) is 0 Å². The van der Waals surface area contributed by atoms with Gasteiger partial charge in [-0.15, -0.1) is 0 Å². The molecule has 0 aromatic rings. The summed E-state index contributed by atoms with van der Waals surface area (Å²) < 4.78 is 17.0. The average molecular weight is 1110 g/mol. The molecule has 0 rings (SSSR count). The quantitative estimate of drug-likeness (QED) is 0.0261.